The first kappa shape index (κ1) is 13.3. The zero-order chi connectivity index (χ0) is 13.8. The highest BCUT2D eigenvalue weighted by Crippen LogP contribution is 2.34. The summed E-state index contributed by atoms with van der Waals surface area (Å²) in [6, 6.07) is 11.3. The Morgan fingerprint density at radius 2 is 1.95 bits per heavy atom. The van der Waals surface area contributed by atoms with Crippen molar-refractivity contribution in [2.75, 3.05) is 0 Å². The number of hydrogen-bond acceptors (Lipinski definition) is 4. The zero-order valence-electron chi connectivity index (χ0n) is 9.88. The SMILES string of the molecule is NCc1ccccc1Oc1cc(Cl)ccc1[N+](=O)[O-]. The molecule has 19 heavy (non-hydrogen) atoms. The number of rotatable bonds is 4. The lowest BCUT2D eigenvalue weighted by atomic mass is 10.2. The molecule has 0 saturated heterocycles. The number of nitro benzene ring substituents is 1. The fourth-order valence-corrected chi connectivity index (χ4v) is 1.77. The quantitative estimate of drug-likeness (QED) is 0.686. The summed E-state index contributed by atoms with van der Waals surface area (Å²) in [6.07, 6.45) is 0. The van der Waals surface area contributed by atoms with Crippen LogP contribution in [0.4, 0.5) is 5.69 Å². The highest BCUT2D eigenvalue weighted by Gasteiger charge is 2.17. The molecule has 0 fully saturated rings. The van der Waals surface area contributed by atoms with Crippen LogP contribution in [0.3, 0.4) is 0 Å². The largest absolute Gasteiger partial charge is 0.450 e. The maximum Gasteiger partial charge on any atom is 0.311 e. The lowest BCUT2D eigenvalue weighted by Crippen LogP contribution is -2.00. The van der Waals surface area contributed by atoms with Crippen LogP contribution in [0.15, 0.2) is 42.5 Å². The molecule has 0 aliphatic rings. The van der Waals surface area contributed by atoms with Gasteiger partial charge in [0.15, 0.2) is 0 Å². The molecule has 0 saturated carbocycles. The van der Waals surface area contributed by atoms with Gasteiger partial charge in [0.25, 0.3) is 0 Å². The monoisotopic (exact) mass is 278 g/mol. The first-order valence-corrected chi connectivity index (χ1v) is 5.89. The van der Waals surface area contributed by atoms with Crippen LogP contribution < -0.4 is 10.5 Å². The van der Waals surface area contributed by atoms with Gasteiger partial charge in [-0.15, -0.1) is 0 Å². The van der Waals surface area contributed by atoms with Gasteiger partial charge in [-0.1, -0.05) is 29.8 Å². The summed E-state index contributed by atoms with van der Waals surface area (Å²) in [5.41, 5.74) is 6.21. The van der Waals surface area contributed by atoms with Gasteiger partial charge in [0.2, 0.25) is 5.75 Å². The van der Waals surface area contributed by atoms with E-state index >= 15 is 0 Å². The summed E-state index contributed by atoms with van der Waals surface area (Å²) in [4.78, 5) is 10.4. The molecule has 0 aliphatic heterocycles. The minimum atomic E-state index is -0.517. The van der Waals surface area contributed by atoms with Crippen molar-refractivity contribution >= 4 is 17.3 Å². The average molecular weight is 279 g/mol. The van der Waals surface area contributed by atoms with E-state index in [-0.39, 0.29) is 18.0 Å². The number of nitrogens with two attached hydrogens (primary N) is 1. The highest BCUT2D eigenvalue weighted by molar-refractivity contribution is 6.30. The molecule has 0 heterocycles. The first-order valence-electron chi connectivity index (χ1n) is 5.51. The minimum absolute atomic E-state index is 0.0957. The number of benzene rings is 2. The maximum atomic E-state index is 10.9. The lowest BCUT2D eigenvalue weighted by molar-refractivity contribution is -0.385. The zero-order valence-corrected chi connectivity index (χ0v) is 10.6. The van der Waals surface area contributed by atoms with Gasteiger partial charge >= 0.3 is 5.69 Å². The molecule has 0 bridgehead atoms. The number of nitrogens with zero attached hydrogens (tertiary/aromatic N) is 1. The van der Waals surface area contributed by atoms with E-state index in [0.717, 1.165) is 5.56 Å². The minimum Gasteiger partial charge on any atom is -0.450 e. The molecule has 5 nitrogen and oxygen atoms in total. The normalized spacial score (nSPS) is 10.2. The standard InChI is InChI=1S/C13H11ClN2O3/c14-10-5-6-11(16(17)18)13(7-10)19-12-4-2-1-3-9(12)8-15/h1-7H,8,15H2. The Hall–Kier alpha value is -2.11. The van der Waals surface area contributed by atoms with Crippen LogP contribution in [0.1, 0.15) is 5.56 Å². The van der Waals surface area contributed by atoms with Gasteiger partial charge in [-0.3, -0.25) is 10.1 Å². The molecular formula is C13H11ClN2O3. The molecule has 6 heteroatoms. The predicted molar refractivity (Wildman–Crippen MR) is 72.5 cm³/mol. The van der Waals surface area contributed by atoms with Gasteiger partial charge in [0.1, 0.15) is 5.75 Å². The number of nitro groups is 1. The third kappa shape index (κ3) is 3.01. The van der Waals surface area contributed by atoms with E-state index in [0.29, 0.717) is 10.8 Å². The highest BCUT2D eigenvalue weighted by atomic mass is 35.5. The average Bonchev–Trinajstić information content (AvgIpc) is 2.39. The van der Waals surface area contributed by atoms with Crippen molar-refractivity contribution < 1.29 is 9.66 Å². The van der Waals surface area contributed by atoms with Crippen LogP contribution in [-0.2, 0) is 6.54 Å². The van der Waals surface area contributed by atoms with Crippen molar-refractivity contribution in [1.82, 2.24) is 0 Å². The molecule has 2 aromatic rings. The predicted octanol–water partition coefficient (Wildman–Crippen LogP) is 3.50. The van der Waals surface area contributed by atoms with Crippen molar-refractivity contribution in [3.05, 3.63) is 63.2 Å². The smallest absolute Gasteiger partial charge is 0.311 e. The van der Waals surface area contributed by atoms with Crippen LogP contribution >= 0.6 is 11.6 Å². The Labute approximate surface area is 114 Å². The van der Waals surface area contributed by atoms with Crippen LogP contribution in [0.25, 0.3) is 0 Å². The van der Waals surface area contributed by atoms with Gasteiger partial charge in [0, 0.05) is 29.3 Å². The van der Waals surface area contributed by atoms with Crippen molar-refractivity contribution in [3.8, 4) is 11.5 Å². The third-order valence-electron chi connectivity index (χ3n) is 2.53. The van der Waals surface area contributed by atoms with E-state index in [1.54, 1.807) is 18.2 Å². The molecule has 98 valence electrons. The number of halogens is 1. The number of ether oxygens (including phenoxy) is 1. The molecule has 0 aromatic heterocycles. The Bertz CT molecular complexity index is 617. The maximum absolute atomic E-state index is 10.9. The molecule has 0 unspecified atom stereocenters. The molecular weight excluding hydrogens is 268 g/mol. The second-order valence-corrected chi connectivity index (χ2v) is 4.22. The van der Waals surface area contributed by atoms with Crippen molar-refractivity contribution in [2.45, 2.75) is 6.54 Å². The molecule has 0 spiro atoms. The Morgan fingerprint density at radius 3 is 2.63 bits per heavy atom. The van der Waals surface area contributed by atoms with E-state index in [9.17, 15) is 10.1 Å². The van der Waals surface area contributed by atoms with E-state index in [4.69, 9.17) is 22.1 Å². The Morgan fingerprint density at radius 1 is 1.21 bits per heavy atom. The second-order valence-electron chi connectivity index (χ2n) is 3.78. The van der Waals surface area contributed by atoms with Gasteiger partial charge in [0.05, 0.1) is 4.92 Å². The Kier molecular flexibility index (Phi) is 3.99. The molecule has 2 rings (SSSR count). The van der Waals surface area contributed by atoms with E-state index in [1.807, 2.05) is 6.07 Å². The van der Waals surface area contributed by atoms with Gasteiger partial charge in [-0.2, -0.15) is 0 Å². The fourth-order valence-electron chi connectivity index (χ4n) is 1.61. The fraction of sp³-hybridized carbons (Fsp3) is 0.0769. The molecule has 0 radical (unpaired) electrons. The summed E-state index contributed by atoms with van der Waals surface area (Å²) in [5.74, 6) is 0.578. The molecule has 2 aromatic carbocycles. The summed E-state index contributed by atoms with van der Waals surface area (Å²) < 4.78 is 5.57. The van der Waals surface area contributed by atoms with E-state index < -0.39 is 4.92 Å². The van der Waals surface area contributed by atoms with Crippen molar-refractivity contribution in [2.24, 2.45) is 5.73 Å². The van der Waals surface area contributed by atoms with Gasteiger partial charge < -0.3 is 10.5 Å². The summed E-state index contributed by atoms with van der Waals surface area (Å²) in [5, 5.41) is 11.3. The van der Waals surface area contributed by atoms with E-state index in [2.05, 4.69) is 0 Å². The molecule has 0 aliphatic carbocycles. The van der Waals surface area contributed by atoms with Gasteiger partial charge in [-0.05, 0) is 12.1 Å². The van der Waals surface area contributed by atoms with E-state index in [1.165, 1.54) is 18.2 Å². The van der Waals surface area contributed by atoms with Crippen LogP contribution in [0.5, 0.6) is 11.5 Å². The summed E-state index contributed by atoms with van der Waals surface area (Å²) in [6.45, 7) is 0.282. The number of hydrogen-bond donors (Lipinski definition) is 1. The lowest BCUT2D eigenvalue weighted by Gasteiger charge is -2.10. The van der Waals surface area contributed by atoms with Crippen LogP contribution in [-0.4, -0.2) is 4.92 Å². The molecule has 0 atom stereocenters. The Balaban J connectivity index is 2.42. The topological polar surface area (TPSA) is 78.4 Å². The van der Waals surface area contributed by atoms with Crippen LogP contribution in [0, 0.1) is 10.1 Å². The van der Waals surface area contributed by atoms with Crippen LogP contribution in [0.2, 0.25) is 5.02 Å². The third-order valence-corrected chi connectivity index (χ3v) is 2.77. The number of para-hydroxylation sites is 1. The second kappa shape index (κ2) is 5.69. The molecule has 0 amide bonds. The van der Waals surface area contributed by atoms with Crippen molar-refractivity contribution in [1.29, 1.82) is 0 Å². The summed E-state index contributed by atoms with van der Waals surface area (Å²) in [7, 11) is 0. The summed E-state index contributed by atoms with van der Waals surface area (Å²) >= 11 is 5.83. The van der Waals surface area contributed by atoms with Gasteiger partial charge in [-0.25, -0.2) is 0 Å². The molecule has 2 N–H and O–H groups in total. The first-order chi connectivity index (χ1) is 9.11. The van der Waals surface area contributed by atoms with Crippen molar-refractivity contribution in [3.63, 3.8) is 0 Å².